The summed E-state index contributed by atoms with van der Waals surface area (Å²) in [5, 5.41) is 0. The van der Waals surface area contributed by atoms with Crippen LogP contribution in [0.1, 0.15) is 0 Å². The third kappa shape index (κ3) is 3.32. The topological polar surface area (TPSA) is 96.3 Å². The van der Waals surface area contributed by atoms with Crippen LogP contribution in [-0.4, -0.2) is 30.2 Å². The highest BCUT2D eigenvalue weighted by atomic mass is 16.5. The van der Waals surface area contributed by atoms with E-state index in [0.717, 1.165) is 11.3 Å². The van der Waals surface area contributed by atoms with Crippen molar-refractivity contribution in [2.75, 3.05) is 26.0 Å². The molecule has 0 bridgehead atoms. The first-order chi connectivity index (χ1) is 9.22. The van der Waals surface area contributed by atoms with E-state index in [-0.39, 0.29) is 5.95 Å². The van der Waals surface area contributed by atoms with E-state index in [9.17, 15) is 0 Å². The number of nitrogens with two attached hydrogens (primary N) is 2. The lowest BCUT2D eigenvalue weighted by molar-refractivity contribution is 0.316. The van der Waals surface area contributed by atoms with Crippen LogP contribution in [0.4, 0.5) is 5.95 Å². The third-order valence-corrected chi connectivity index (χ3v) is 2.45. The highest BCUT2D eigenvalue weighted by Crippen LogP contribution is 2.25. The molecule has 100 valence electrons. The monoisotopic (exact) mass is 260 g/mol. The predicted octanol–water partition coefficient (Wildman–Crippen LogP) is 1.07. The second-order valence-electron chi connectivity index (χ2n) is 3.82. The van der Waals surface area contributed by atoms with Gasteiger partial charge in [0.15, 0.2) is 0 Å². The maximum Gasteiger partial charge on any atom is 0.223 e. The number of nitrogen functional groups attached to an aromatic ring is 1. The molecule has 2 aromatic rings. The third-order valence-electron chi connectivity index (χ3n) is 2.45. The van der Waals surface area contributed by atoms with Crippen LogP contribution >= 0.6 is 0 Å². The fourth-order valence-corrected chi connectivity index (χ4v) is 1.61. The van der Waals surface area contributed by atoms with Crippen molar-refractivity contribution in [3.05, 3.63) is 30.3 Å². The van der Waals surface area contributed by atoms with Gasteiger partial charge in [0.2, 0.25) is 11.8 Å². The lowest BCUT2D eigenvalue weighted by Crippen LogP contribution is -2.12. The molecule has 6 nitrogen and oxygen atoms in total. The van der Waals surface area contributed by atoms with Gasteiger partial charge in [-0.05, 0) is 12.1 Å². The number of anilines is 1. The minimum atomic E-state index is 0.160. The second-order valence-corrected chi connectivity index (χ2v) is 3.82. The van der Waals surface area contributed by atoms with Crippen molar-refractivity contribution < 1.29 is 9.47 Å². The fraction of sp³-hybridized carbons (Fsp3) is 0.231. The van der Waals surface area contributed by atoms with Crippen LogP contribution in [0.15, 0.2) is 30.3 Å². The van der Waals surface area contributed by atoms with Crippen molar-refractivity contribution in [1.82, 2.24) is 9.97 Å². The van der Waals surface area contributed by atoms with Gasteiger partial charge in [0.05, 0.1) is 12.8 Å². The summed E-state index contributed by atoms with van der Waals surface area (Å²) in [6.07, 6.45) is 0. The van der Waals surface area contributed by atoms with Gasteiger partial charge >= 0.3 is 0 Å². The van der Waals surface area contributed by atoms with Crippen LogP contribution < -0.4 is 20.9 Å². The molecule has 0 atom stereocenters. The molecule has 0 saturated carbocycles. The summed E-state index contributed by atoms with van der Waals surface area (Å²) in [7, 11) is 1.61. The molecule has 0 aliphatic carbocycles. The summed E-state index contributed by atoms with van der Waals surface area (Å²) < 4.78 is 10.5. The first-order valence-electron chi connectivity index (χ1n) is 5.85. The van der Waals surface area contributed by atoms with Crippen LogP contribution in [0, 0.1) is 0 Å². The molecule has 1 heterocycles. The molecule has 0 spiro atoms. The first-order valence-corrected chi connectivity index (χ1v) is 5.85. The normalized spacial score (nSPS) is 10.2. The number of rotatable bonds is 5. The van der Waals surface area contributed by atoms with Gasteiger partial charge in [0.1, 0.15) is 12.4 Å². The van der Waals surface area contributed by atoms with Crippen molar-refractivity contribution in [3.63, 3.8) is 0 Å². The number of hydrogen-bond donors (Lipinski definition) is 2. The highest BCUT2D eigenvalue weighted by Gasteiger charge is 2.06. The van der Waals surface area contributed by atoms with Gasteiger partial charge < -0.3 is 20.9 Å². The van der Waals surface area contributed by atoms with Gasteiger partial charge in [-0.15, -0.1) is 0 Å². The van der Waals surface area contributed by atoms with E-state index in [1.54, 1.807) is 13.2 Å². The Bertz CT molecular complexity index is 560. The van der Waals surface area contributed by atoms with Crippen LogP contribution in [0.3, 0.4) is 0 Å². The highest BCUT2D eigenvalue weighted by molar-refractivity contribution is 5.63. The minimum Gasteiger partial charge on any atom is -0.497 e. The molecular weight excluding hydrogens is 244 g/mol. The second kappa shape index (κ2) is 6.01. The molecule has 0 saturated heterocycles. The van der Waals surface area contributed by atoms with Crippen molar-refractivity contribution in [3.8, 4) is 22.9 Å². The smallest absolute Gasteiger partial charge is 0.223 e. The molecule has 0 aliphatic heterocycles. The van der Waals surface area contributed by atoms with E-state index in [1.807, 2.05) is 24.3 Å². The van der Waals surface area contributed by atoms with Crippen molar-refractivity contribution in [1.29, 1.82) is 0 Å². The molecule has 1 aromatic heterocycles. The number of methoxy groups -OCH3 is 1. The first kappa shape index (κ1) is 13.1. The molecule has 19 heavy (non-hydrogen) atoms. The molecule has 0 radical (unpaired) electrons. The fourth-order valence-electron chi connectivity index (χ4n) is 1.61. The zero-order valence-electron chi connectivity index (χ0n) is 10.7. The molecule has 6 heteroatoms. The van der Waals surface area contributed by atoms with Crippen LogP contribution in [0.25, 0.3) is 11.3 Å². The number of nitrogens with zero attached hydrogens (tertiary/aromatic N) is 2. The summed E-state index contributed by atoms with van der Waals surface area (Å²) in [6, 6.07) is 9.25. The standard InChI is InChI=1S/C13H16N4O2/c1-18-10-4-2-3-9(7-10)11-8-12(19-6-5-14)17-13(15)16-11/h2-4,7-8H,5-6,14H2,1H3,(H2,15,16,17). The Kier molecular flexibility index (Phi) is 4.15. The maximum atomic E-state index is 5.67. The van der Waals surface area contributed by atoms with E-state index in [0.29, 0.717) is 24.7 Å². The van der Waals surface area contributed by atoms with Crippen LogP contribution in [0.5, 0.6) is 11.6 Å². The number of benzene rings is 1. The Morgan fingerprint density at radius 2 is 2.05 bits per heavy atom. The van der Waals surface area contributed by atoms with Gasteiger partial charge in [0.25, 0.3) is 0 Å². The quantitative estimate of drug-likeness (QED) is 0.834. The van der Waals surface area contributed by atoms with Crippen LogP contribution in [0.2, 0.25) is 0 Å². The zero-order chi connectivity index (χ0) is 13.7. The molecule has 4 N–H and O–H groups in total. The van der Waals surface area contributed by atoms with E-state index >= 15 is 0 Å². The minimum absolute atomic E-state index is 0.160. The Morgan fingerprint density at radius 3 is 2.79 bits per heavy atom. The van der Waals surface area contributed by atoms with Crippen molar-refractivity contribution >= 4 is 5.95 Å². The van der Waals surface area contributed by atoms with Gasteiger partial charge in [-0.2, -0.15) is 4.98 Å². The molecule has 2 rings (SSSR count). The average molecular weight is 260 g/mol. The number of hydrogen-bond acceptors (Lipinski definition) is 6. The van der Waals surface area contributed by atoms with Gasteiger partial charge in [0, 0.05) is 18.2 Å². The lowest BCUT2D eigenvalue weighted by atomic mass is 10.1. The zero-order valence-corrected chi connectivity index (χ0v) is 10.7. The molecule has 0 fully saturated rings. The van der Waals surface area contributed by atoms with Gasteiger partial charge in [-0.25, -0.2) is 4.98 Å². The molecular formula is C13H16N4O2. The largest absolute Gasteiger partial charge is 0.497 e. The van der Waals surface area contributed by atoms with E-state index in [4.69, 9.17) is 20.9 Å². The van der Waals surface area contributed by atoms with Gasteiger partial charge in [-0.1, -0.05) is 12.1 Å². The molecule has 0 amide bonds. The summed E-state index contributed by atoms with van der Waals surface area (Å²) in [5.41, 5.74) is 12.6. The predicted molar refractivity (Wildman–Crippen MR) is 73.0 cm³/mol. The number of aromatic nitrogens is 2. The lowest BCUT2D eigenvalue weighted by Gasteiger charge is -2.08. The van der Waals surface area contributed by atoms with Crippen LogP contribution in [-0.2, 0) is 0 Å². The Balaban J connectivity index is 2.34. The van der Waals surface area contributed by atoms with E-state index < -0.39 is 0 Å². The number of ether oxygens (including phenoxy) is 2. The molecule has 1 aromatic carbocycles. The Hall–Kier alpha value is -2.34. The summed E-state index contributed by atoms with van der Waals surface area (Å²) in [5.74, 6) is 1.32. The van der Waals surface area contributed by atoms with E-state index in [1.165, 1.54) is 0 Å². The van der Waals surface area contributed by atoms with Gasteiger partial charge in [-0.3, -0.25) is 0 Å². The molecule has 0 aliphatic rings. The van der Waals surface area contributed by atoms with Crippen molar-refractivity contribution in [2.24, 2.45) is 5.73 Å². The average Bonchev–Trinajstić information content (AvgIpc) is 2.44. The SMILES string of the molecule is COc1cccc(-c2cc(OCCN)nc(N)n2)c1. The van der Waals surface area contributed by atoms with E-state index in [2.05, 4.69) is 9.97 Å². The molecule has 0 unspecified atom stereocenters. The summed E-state index contributed by atoms with van der Waals surface area (Å²) in [6.45, 7) is 0.798. The summed E-state index contributed by atoms with van der Waals surface area (Å²) >= 11 is 0. The summed E-state index contributed by atoms with van der Waals surface area (Å²) in [4.78, 5) is 8.18. The Morgan fingerprint density at radius 1 is 1.21 bits per heavy atom. The van der Waals surface area contributed by atoms with Crippen molar-refractivity contribution in [2.45, 2.75) is 0 Å². The maximum absolute atomic E-state index is 5.67. The Labute approximate surface area is 111 Å².